The molecule has 0 amide bonds. The molecular formula is C23H28N2. The van der Waals surface area contributed by atoms with Crippen LogP contribution in [0.4, 0.5) is 0 Å². The maximum absolute atomic E-state index is 4.63. The molecule has 2 unspecified atom stereocenters. The van der Waals surface area contributed by atoms with Crippen molar-refractivity contribution in [2.45, 2.75) is 51.0 Å². The first-order chi connectivity index (χ1) is 12.3. The van der Waals surface area contributed by atoms with Crippen molar-refractivity contribution in [1.29, 1.82) is 0 Å². The predicted octanol–water partition coefficient (Wildman–Crippen LogP) is 5.20. The molecule has 0 spiro atoms. The second-order valence-corrected chi connectivity index (χ2v) is 7.73. The largest absolute Gasteiger partial charge is 0.308 e. The fourth-order valence-electron chi connectivity index (χ4n) is 4.59. The molecular weight excluding hydrogens is 304 g/mol. The Balaban J connectivity index is 1.53. The standard InChI is InChI=1S/C23H28N2/c1-23(15-4-5-17-25-23)21-12-3-2-8-18(21)13-14-20-10-6-9-19-11-7-16-24-22(19)20/h2-3,6-7,9-12,16,18,25H,4-5,8,13-15,17H2,1H3. The Morgan fingerprint density at radius 2 is 2.12 bits per heavy atom. The number of nitrogens with one attached hydrogen (secondary N) is 1. The van der Waals surface area contributed by atoms with Crippen molar-refractivity contribution in [2.24, 2.45) is 5.92 Å². The van der Waals surface area contributed by atoms with E-state index in [4.69, 9.17) is 0 Å². The third-order valence-corrected chi connectivity index (χ3v) is 6.01. The lowest BCUT2D eigenvalue weighted by Crippen LogP contribution is -2.49. The molecule has 0 saturated carbocycles. The van der Waals surface area contributed by atoms with Gasteiger partial charge in [0.15, 0.2) is 0 Å². The van der Waals surface area contributed by atoms with Gasteiger partial charge in [-0.05, 0) is 68.7 Å². The number of fused-ring (bicyclic) bond motifs is 1. The van der Waals surface area contributed by atoms with Gasteiger partial charge in [0, 0.05) is 17.1 Å². The van der Waals surface area contributed by atoms with Crippen LogP contribution in [0.3, 0.4) is 0 Å². The number of piperidine rings is 1. The molecule has 4 rings (SSSR count). The van der Waals surface area contributed by atoms with Gasteiger partial charge in [-0.3, -0.25) is 4.98 Å². The van der Waals surface area contributed by atoms with E-state index in [1.54, 1.807) is 5.57 Å². The van der Waals surface area contributed by atoms with Crippen LogP contribution in [0.2, 0.25) is 0 Å². The Morgan fingerprint density at radius 3 is 3.00 bits per heavy atom. The van der Waals surface area contributed by atoms with Crippen molar-refractivity contribution >= 4 is 10.9 Å². The van der Waals surface area contributed by atoms with Crippen molar-refractivity contribution in [3.8, 4) is 0 Å². The number of pyridine rings is 1. The van der Waals surface area contributed by atoms with Crippen LogP contribution >= 0.6 is 0 Å². The van der Waals surface area contributed by atoms with Crippen LogP contribution < -0.4 is 5.32 Å². The monoisotopic (exact) mass is 332 g/mol. The smallest absolute Gasteiger partial charge is 0.0733 e. The number of hydrogen-bond acceptors (Lipinski definition) is 2. The lowest BCUT2D eigenvalue weighted by atomic mass is 9.73. The second-order valence-electron chi connectivity index (χ2n) is 7.73. The SMILES string of the molecule is CC1(C2=CC=CCC2CCc2cccc3cccnc23)CCCCN1. The number of hydrogen-bond donors (Lipinski definition) is 1. The van der Waals surface area contributed by atoms with Crippen LogP contribution in [0.25, 0.3) is 10.9 Å². The Morgan fingerprint density at radius 1 is 1.20 bits per heavy atom. The van der Waals surface area contributed by atoms with E-state index in [2.05, 4.69) is 59.7 Å². The Hall–Kier alpha value is -1.93. The molecule has 25 heavy (non-hydrogen) atoms. The molecule has 1 aliphatic heterocycles. The zero-order valence-corrected chi connectivity index (χ0v) is 15.2. The minimum absolute atomic E-state index is 0.185. The molecule has 2 atom stereocenters. The molecule has 2 aliphatic rings. The van der Waals surface area contributed by atoms with E-state index in [-0.39, 0.29) is 5.54 Å². The van der Waals surface area contributed by atoms with Crippen LogP contribution in [-0.4, -0.2) is 17.1 Å². The summed E-state index contributed by atoms with van der Waals surface area (Å²) in [4.78, 5) is 4.63. The average Bonchev–Trinajstić information content (AvgIpc) is 2.67. The third kappa shape index (κ3) is 3.41. The summed E-state index contributed by atoms with van der Waals surface area (Å²) in [6.07, 6.45) is 16.3. The molecule has 1 N–H and O–H groups in total. The lowest BCUT2D eigenvalue weighted by molar-refractivity contribution is 0.293. The molecule has 0 bridgehead atoms. The fourth-order valence-corrected chi connectivity index (χ4v) is 4.59. The molecule has 1 fully saturated rings. The van der Waals surface area contributed by atoms with Gasteiger partial charge >= 0.3 is 0 Å². The molecule has 2 nitrogen and oxygen atoms in total. The molecule has 1 saturated heterocycles. The van der Waals surface area contributed by atoms with Gasteiger partial charge in [-0.2, -0.15) is 0 Å². The normalized spacial score (nSPS) is 26.6. The quantitative estimate of drug-likeness (QED) is 0.832. The van der Waals surface area contributed by atoms with Gasteiger partial charge in [-0.15, -0.1) is 0 Å². The molecule has 0 radical (unpaired) electrons. The van der Waals surface area contributed by atoms with Crippen LogP contribution in [0.1, 0.15) is 44.6 Å². The number of benzene rings is 1. The number of rotatable bonds is 4. The lowest BCUT2D eigenvalue weighted by Gasteiger charge is -2.41. The molecule has 1 aliphatic carbocycles. The van der Waals surface area contributed by atoms with Gasteiger partial charge in [0.1, 0.15) is 0 Å². The van der Waals surface area contributed by atoms with Crippen molar-refractivity contribution in [1.82, 2.24) is 10.3 Å². The van der Waals surface area contributed by atoms with Gasteiger partial charge in [0.2, 0.25) is 0 Å². The van der Waals surface area contributed by atoms with Crippen LogP contribution in [0.5, 0.6) is 0 Å². The van der Waals surface area contributed by atoms with Crippen LogP contribution in [-0.2, 0) is 6.42 Å². The summed E-state index contributed by atoms with van der Waals surface area (Å²) in [6, 6.07) is 10.8. The summed E-state index contributed by atoms with van der Waals surface area (Å²) < 4.78 is 0. The number of nitrogens with zero attached hydrogens (tertiary/aromatic N) is 1. The van der Waals surface area contributed by atoms with E-state index in [1.165, 1.54) is 48.6 Å². The molecule has 2 heteroatoms. The first-order valence-electron chi connectivity index (χ1n) is 9.71. The fraction of sp³-hybridized carbons (Fsp3) is 0.435. The van der Waals surface area contributed by atoms with E-state index < -0.39 is 0 Å². The second kappa shape index (κ2) is 7.13. The first kappa shape index (κ1) is 16.5. The Kier molecular flexibility index (Phi) is 4.72. The molecule has 1 aromatic heterocycles. The van der Waals surface area contributed by atoms with Gasteiger partial charge in [-0.1, -0.05) is 48.9 Å². The average molecular weight is 332 g/mol. The first-order valence-corrected chi connectivity index (χ1v) is 9.71. The summed E-state index contributed by atoms with van der Waals surface area (Å²) >= 11 is 0. The Labute approximate surface area is 151 Å². The molecule has 2 aromatic rings. The maximum Gasteiger partial charge on any atom is 0.0733 e. The summed E-state index contributed by atoms with van der Waals surface area (Å²) in [5.41, 5.74) is 4.35. The van der Waals surface area contributed by atoms with Gasteiger partial charge in [0.25, 0.3) is 0 Å². The molecule has 1 aromatic carbocycles. The van der Waals surface area contributed by atoms with Crippen molar-refractivity contribution in [2.75, 3.05) is 6.54 Å². The number of aryl methyl sites for hydroxylation is 1. The number of para-hydroxylation sites is 1. The van der Waals surface area contributed by atoms with Crippen LogP contribution in [0, 0.1) is 5.92 Å². The summed E-state index contributed by atoms with van der Waals surface area (Å²) in [7, 11) is 0. The highest BCUT2D eigenvalue weighted by Crippen LogP contribution is 2.37. The van der Waals surface area contributed by atoms with Crippen molar-refractivity contribution in [3.05, 3.63) is 65.9 Å². The zero-order chi connectivity index (χ0) is 17.1. The van der Waals surface area contributed by atoms with Gasteiger partial charge in [0.05, 0.1) is 5.52 Å². The summed E-state index contributed by atoms with van der Waals surface area (Å²) in [6.45, 7) is 3.56. The summed E-state index contributed by atoms with van der Waals surface area (Å²) in [5, 5.41) is 5.06. The van der Waals surface area contributed by atoms with Crippen LogP contribution in [0.15, 0.2) is 60.3 Å². The zero-order valence-electron chi connectivity index (χ0n) is 15.2. The van der Waals surface area contributed by atoms with E-state index in [0.29, 0.717) is 5.92 Å². The molecule has 2 heterocycles. The van der Waals surface area contributed by atoms with E-state index in [1.807, 2.05) is 12.3 Å². The van der Waals surface area contributed by atoms with Crippen molar-refractivity contribution in [3.63, 3.8) is 0 Å². The van der Waals surface area contributed by atoms with Gasteiger partial charge < -0.3 is 5.32 Å². The van der Waals surface area contributed by atoms with Gasteiger partial charge in [-0.25, -0.2) is 0 Å². The third-order valence-electron chi connectivity index (χ3n) is 6.01. The Bertz CT molecular complexity index is 791. The van der Waals surface area contributed by atoms with E-state index in [9.17, 15) is 0 Å². The van der Waals surface area contributed by atoms with E-state index in [0.717, 1.165) is 13.0 Å². The highest BCUT2D eigenvalue weighted by atomic mass is 15.0. The predicted molar refractivity (Wildman–Crippen MR) is 106 cm³/mol. The topological polar surface area (TPSA) is 24.9 Å². The highest BCUT2D eigenvalue weighted by molar-refractivity contribution is 5.81. The maximum atomic E-state index is 4.63. The minimum atomic E-state index is 0.185. The number of allylic oxidation sites excluding steroid dienone is 3. The summed E-state index contributed by atoms with van der Waals surface area (Å²) in [5.74, 6) is 0.638. The minimum Gasteiger partial charge on any atom is -0.308 e. The highest BCUT2D eigenvalue weighted by Gasteiger charge is 2.34. The number of aromatic nitrogens is 1. The van der Waals surface area contributed by atoms with Crippen molar-refractivity contribution < 1.29 is 0 Å². The molecule has 130 valence electrons. The van der Waals surface area contributed by atoms with E-state index >= 15 is 0 Å².